The van der Waals surface area contributed by atoms with Gasteiger partial charge in [0.2, 0.25) is 10.0 Å². The van der Waals surface area contributed by atoms with Gasteiger partial charge in [0.05, 0.1) is 11.4 Å². The second-order valence-electron chi connectivity index (χ2n) is 5.84. The summed E-state index contributed by atoms with van der Waals surface area (Å²) in [7, 11) is -3.60. The van der Waals surface area contributed by atoms with Gasteiger partial charge in [-0.3, -0.25) is 0 Å². The average Bonchev–Trinajstić information content (AvgIpc) is 3.02. The van der Waals surface area contributed by atoms with Crippen molar-refractivity contribution in [3.8, 4) is 0 Å². The lowest BCUT2D eigenvalue weighted by Gasteiger charge is -2.12. The minimum absolute atomic E-state index is 0.164. The molecule has 0 spiro atoms. The quantitative estimate of drug-likeness (QED) is 0.709. The standard InChI is InChI=1S/C19H19ClN2O2S/c1-15-6-2-3-7-16(15)14-22-11-5-9-18(22)13-21-25(23,24)19-10-4-8-17(20)12-19/h2-12,21H,13-14H2,1H3. The Morgan fingerprint density at radius 2 is 1.84 bits per heavy atom. The molecule has 0 aliphatic carbocycles. The minimum atomic E-state index is -3.60. The van der Waals surface area contributed by atoms with Gasteiger partial charge in [0.1, 0.15) is 0 Å². The van der Waals surface area contributed by atoms with Crippen molar-refractivity contribution in [3.63, 3.8) is 0 Å². The van der Waals surface area contributed by atoms with E-state index in [4.69, 9.17) is 11.6 Å². The van der Waals surface area contributed by atoms with E-state index in [2.05, 4.69) is 23.8 Å². The number of hydrogen-bond acceptors (Lipinski definition) is 2. The molecule has 2 aromatic carbocycles. The second kappa shape index (κ2) is 7.44. The molecule has 1 N–H and O–H groups in total. The van der Waals surface area contributed by atoms with Crippen LogP contribution in [-0.2, 0) is 23.1 Å². The number of benzene rings is 2. The molecule has 0 fully saturated rings. The third kappa shape index (κ3) is 4.31. The van der Waals surface area contributed by atoms with Crippen LogP contribution in [0.5, 0.6) is 0 Å². The summed E-state index contributed by atoms with van der Waals surface area (Å²) in [5.41, 5.74) is 3.31. The number of nitrogens with zero attached hydrogens (tertiary/aromatic N) is 1. The number of nitrogens with one attached hydrogen (secondary N) is 1. The number of halogens is 1. The molecule has 3 aromatic rings. The van der Waals surface area contributed by atoms with Gasteiger partial charge in [-0.1, -0.05) is 41.9 Å². The fraction of sp³-hybridized carbons (Fsp3) is 0.158. The van der Waals surface area contributed by atoms with Crippen LogP contribution in [0.4, 0.5) is 0 Å². The van der Waals surface area contributed by atoms with Gasteiger partial charge >= 0.3 is 0 Å². The Morgan fingerprint density at radius 1 is 1.04 bits per heavy atom. The predicted octanol–water partition coefficient (Wildman–Crippen LogP) is 3.98. The van der Waals surface area contributed by atoms with E-state index in [0.717, 1.165) is 5.69 Å². The smallest absolute Gasteiger partial charge is 0.240 e. The van der Waals surface area contributed by atoms with Gasteiger partial charge in [-0.05, 0) is 48.4 Å². The lowest BCUT2D eigenvalue weighted by atomic mass is 10.1. The average molecular weight is 375 g/mol. The topological polar surface area (TPSA) is 51.1 Å². The molecule has 6 heteroatoms. The maximum atomic E-state index is 12.4. The van der Waals surface area contributed by atoms with Gasteiger partial charge in [0.15, 0.2) is 0 Å². The van der Waals surface area contributed by atoms with E-state index in [9.17, 15) is 8.42 Å². The monoisotopic (exact) mass is 374 g/mol. The van der Waals surface area contributed by atoms with Crippen molar-refractivity contribution in [1.29, 1.82) is 0 Å². The molecule has 0 radical (unpaired) electrons. The molecule has 0 saturated heterocycles. The molecule has 0 saturated carbocycles. The fourth-order valence-electron chi connectivity index (χ4n) is 2.62. The van der Waals surface area contributed by atoms with E-state index in [0.29, 0.717) is 11.6 Å². The van der Waals surface area contributed by atoms with Crippen LogP contribution in [-0.4, -0.2) is 13.0 Å². The lowest BCUT2D eigenvalue weighted by molar-refractivity contribution is 0.578. The molecule has 4 nitrogen and oxygen atoms in total. The van der Waals surface area contributed by atoms with Crippen LogP contribution in [0, 0.1) is 6.92 Å². The number of aryl methyl sites for hydroxylation is 1. The predicted molar refractivity (Wildman–Crippen MR) is 100 cm³/mol. The first-order chi connectivity index (χ1) is 12.0. The van der Waals surface area contributed by atoms with Crippen molar-refractivity contribution in [3.05, 3.63) is 88.7 Å². The Labute approximate surface area is 153 Å². The molecule has 3 rings (SSSR count). The zero-order valence-electron chi connectivity index (χ0n) is 13.8. The van der Waals surface area contributed by atoms with Crippen molar-refractivity contribution < 1.29 is 8.42 Å². The van der Waals surface area contributed by atoms with Gasteiger partial charge in [-0.25, -0.2) is 13.1 Å². The van der Waals surface area contributed by atoms with Crippen LogP contribution in [0.25, 0.3) is 0 Å². The van der Waals surface area contributed by atoms with Crippen LogP contribution in [0.15, 0.2) is 71.8 Å². The molecule has 130 valence electrons. The second-order valence-corrected chi connectivity index (χ2v) is 8.04. The van der Waals surface area contributed by atoms with Crippen LogP contribution in [0.3, 0.4) is 0 Å². The Bertz CT molecular complexity index is 980. The van der Waals surface area contributed by atoms with Crippen LogP contribution in [0.2, 0.25) is 5.02 Å². The van der Waals surface area contributed by atoms with E-state index in [1.54, 1.807) is 12.1 Å². The highest BCUT2D eigenvalue weighted by atomic mass is 35.5. The third-order valence-electron chi connectivity index (χ3n) is 4.08. The van der Waals surface area contributed by atoms with Gasteiger partial charge in [0.25, 0.3) is 0 Å². The zero-order chi connectivity index (χ0) is 17.9. The summed E-state index contributed by atoms with van der Waals surface area (Å²) in [5.74, 6) is 0. The normalized spacial score (nSPS) is 11.6. The SMILES string of the molecule is Cc1ccccc1Cn1cccc1CNS(=O)(=O)c1cccc(Cl)c1. The molecule has 1 heterocycles. The Morgan fingerprint density at radius 3 is 2.60 bits per heavy atom. The first-order valence-electron chi connectivity index (χ1n) is 7.89. The molecule has 0 atom stereocenters. The molecule has 25 heavy (non-hydrogen) atoms. The maximum Gasteiger partial charge on any atom is 0.240 e. The fourth-order valence-corrected chi connectivity index (χ4v) is 3.92. The summed E-state index contributed by atoms with van der Waals surface area (Å²) < 4.78 is 29.5. The summed E-state index contributed by atoms with van der Waals surface area (Å²) in [6, 6.07) is 18.2. The highest BCUT2D eigenvalue weighted by Gasteiger charge is 2.15. The van der Waals surface area contributed by atoms with E-state index in [1.165, 1.54) is 23.3 Å². The Kier molecular flexibility index (Phi) is 5.27. The summed E-state index contributed by atoms with van der Waals surface area (Å²) in [5, 5.41) is 0.394. The van der Waals surface area contributed by atoms with Crippen molar-refractivity contribution >= 4 is 21.6 Å². The molecule has 0 unspecified atom stereocenters. The first-order valence-corrected chi connectivity index (χ1v) is 9.75. The largest absolute Gasteiger partial charge is 0.346 e. The third-order valence-corrected chi connectivity index (χ3v) is 5.71. The van der Waals surface area contributed by atoms with Crippen molar-refractivity contribution in [1.82, 2.24) is 9.29 Å². The van der Waals surface area contributed by atoms with Crippen LogP contribution in [0.1, 0.15) is 16.8 Å². The molecule has 1 aromatic heterocycles. The first kappa shape index (κ1) is 17.7. The zero-order valence-corrected chi connectivity index (χ0v) is 15.4. The number of sulfonamides is 1. The van der Waals surface area contributed by atoms with Gasteiger partial charge in [0, 0.05) is 23.5 Å². The number of aromatic nitrogens is 1. The molecule has 0 amide bonds. The van der Waals surface area contributed by atoms with Gasteiger partial charge < -0.3 is 4.57 Å². The molecule has 0 aliphatic heterocycles. The van der Waals surface area contributed by atoms with E-state index < -0.39 is 10.0 Å². The summed E-state index contributed by atoms with van der Waals surface area (Å²) in [4.78, 5) is 0.164. The highest BCUT2D eigenvalue weighted by molar-refractivity contribution is 7.89. The summed E-state index contributed by atoms with van der Waals surface area (Å²) in [6.07, 6.45) is 1.95. The lowest BCUT2D eigenvalue weighted by Crippen LogP contribution is -2.24. The van der Waals surface area contributed by atoms with Crippen molar-refractivity contribution in [2.75, 3.05) is 0 Å². The van der Waals surface area contributed by atoms with E-state index in [1.807, 2.05) is 35.0 Å². The maximum absolute atomic E-state index is 12.4. The van der Waals surface area contributed by atoms with Crippen LogP contribution < -0.4 is 4.72 Å². The number of rotatable bonds is 6. The molecular formula is C19H19ClN2O2S. The highest BCUT2D eigenvalue weighted by Crippen LogP contribution is 2.16. The van der Waals surface area contributed by atoms with E-state index >= 15 is 0 Å². The Balaban J connectivity index is 1.75. The summed E-state index contributed by atoms with van der Waals surface area (Å²) >= 11 is 5.88. The van der Waals surface area contributed by atoms with Gasteiger partial charge in [-0.15, -0.1) is 0 Å². The molecular weight excluding hydrogens is 356 g/mol. The molecule has 0 bridgehead atoms. The van der Waals surface area contributed by atoms with Crippen molar-refractivity contribution in [2.24, 2.45) is 0 Å². The molecule has 0 aliphatic rings. The van der Waals surface area contributed by atoms with Gasteiger partial charge in [-0.2, -0.15) is 0 Å². The van der Waals surface area contributed by atoms with E-state index in [-0.39, 0.29) is 11.4 Å². The van der Waals surface area contributed by atoms with Crippen molar-refractivity contribution in [2.45, 2.75) is 24.9 Å². The summed E-state index contributed by atoms with van der Waals surface area (Å²) in [6.45, 7) is 2.99. The Hall–Kier alpha value is -2.08. The number of hydrogen-bond donors (Lipinski definition) is 1. The minimum Gasteiger partial charge on any atom is -0.346 e. The van der Waals surface area contributed by atoms with Crippen LogP contribution >= 0.6 is 11.6 Å².